The number of anilines is 2. The number of nitrogen functional groups attached to an aromatic ring is 1. The standard InChI is InChI=1S/C27H34N6O3/c1-17(2)36-27(34)31-19-10-8-18(9-11-19)26-25(28)22-13-12-21(15-23(22)33(26)20-5-3-6-20)35-14-4-7-24-29-16-30-32-24/h8-13,15-17,20,24,32H,3-7,14,28H2,1-2H3,(H,29,30)(H,31,34). The lowest BCUT2D eigenvalue weighted by Gasteiger charge is -2.30. The quantitative estimate of drug-likeness (QED) is 0.307. The maximum atomic E-state index is 12.0. The number of fused-ring (bicyclic) bond motifs is 1. The average Bonchev–Trinajstić information content (AvgIpc) is 3.43. The van der Waals surface area contributed by atoms with E-state index >= 15 is 0 Å². The minimum atomic E-state index is -0.461. The highest BCUT2D eigenvalue weighted by molar-refractivity contribution is 6.01. The number of nitrogens with two attached hydrogens (primary N) is 1. The molecular weight excluding hydrogens is 456 g/mol. The second-order valence-corrected chi connectivity index (χ2v) is 9.65. The van der Waals surface area contributed by atoms with Crippen LogP contribution in [-0.4, -0.2) is 35.9 Å². The number of rotatable bonds is 9. The molecule has 5 N–H and O–H groups in total. The number of benzene rings is 2. The predicted molar refractivity (Wildman–Crippen MR) is 143 cm³/mol. The lowest BCUT2D eigenvalue weighted by molar-refractivity contribution is 0.130. The molecule has 1 atom stereocenters. The molecule has 1 unspecified atom stereocenters. The molecule has 9 nitrogen and oxygen atoms in total. The van der Waals surface area contributed by atoms with Gasteiger partial charge in [0.15, 0.2) is 0 Å². The van der Waals surface area contributed by atoms with Gasteiger partial charge in [-0.1, -0.05) is 12.1 Å². The molecule has 1 aromatic heterocycles. The van der Waals surface area contributed by atoms with E-state index in [0.717, 1.165) is 59.3 Å². The molecule has 1 saturated carbocycles. The summed E-state index contributed by atoms with van der Waals surface area (Å²) in [6.07, 6.45) is 6.54. The Labute approximate surface area is 211 Å². The van der Waals surface area contributed by atoms with Gasteiger partial charge in [0, 0.05) is 28.7 Å². The van der Waals surface area contributed by atoms with Gasteiger partial charge >= 0.3 is 6.09 Å². The first-order valence-electron chi connectivity index (χ1n) is 12.7. The molecule has 0 radical (unpaired) electrons. The van der Waals surface area contributed by atoms with E-state index in [1.54, 1.807) is 6.34 Å². The van der Waals surface area contributed by atoms with E-state index in [0.29, 0.717) is 18.3 Å². The number of hydrazone groups is 1. The summed E-state index contributed by atoms with van der Waals surface area (Å²) in [4.78, 5) is 12.0. The van der Waals surface area contributed by atoms with Crippen molar-refractivity contribution in [3.05, 3.63) is 42.5 Å². The van der Waals surface area contributed by atoms with Gasteiger partial charge in [-0.3, -0.25) is 10.7 Å². The molecule has 0 bridgehead atoms. The van der Waals surface area contributed by atoms with E-state index in [1.165, 1.54) is 6.42 Å². The summed E-state index contributed by atoms with van der Waals surface area (Å²) < 4.78 is 13.6. The summed E-state index contributed by atoms with van der Waals surface area (Å²) in [5, 5.41) is 10.9. The minimum absolute atomic E-state index is 0.174. The number of aromatic nitrogens is 1. The Morgan fingerprint density at radius 2 is 2.03 bits per heavy atom. The Morgan fingerprint density at radius 1 is 1.22 bits per heavy atom. The summed E-state index contributed by atoms with van der Waals surface area (Å²) in [5.74, 6) is 0.846. The molecule has 190 valence electrons. The van der Waals surface area contributed by atoms with E-state index < -0.39 is 6.09 Å². The summed E-state index contributed by atoms with van der Waals surface area (Å²) >= 11 is 0. The normalized spacial score (nSPS) is 17.0. The molecular formula is C27H34N6O3. The van der Waals surface area contributed by atoms with Crippen LogP contribution in [0, 0.1) is 0 Å². The van der Waals surface area contributed by atoms with Gasteiger partial charge in [0.25, 0.3) is 0 Å². The van der Waals surface area contributed by atoms with Crippen molar-refractivity contribution in [2.24, 2.45) is 5.10 Å². The van der Waals surface area contributed by atoms with E-state index in [2.05, 4.69) is 37.9 Å². The van der Waals surface area contributed by atoms with Crippen LogP contribution in [0.25, 0.3) is 22.2 Å². The lowest BCUT2D eigenvalue weighted by Crippen LogP contribution is -2.32. The van der Waals surface area contributed by atoms with Crippen LogP contribution in [0.5, 0.6) is 5.75 Å². The third-order valence-electron chi connectivity index (χ3n) is 6.68. The van der Waals surface area contributed by atoms with Gasteiger partial charge in [-0.2, -0.15) is 5.10 Å². The summed E-state index contributed by atoms with van der Waals surface area (Å²) in [6.45, 7) is 4.27. The van der Waals surface area contributed by atoms with Crippen LogP contribution in [0.4, 0.5) is 16.2 Å². The number of nitrogens with one attached hydrogen (secondary N) is 3. The molecule has 2 aromatic carbocycles. The number of hydrogen-bond donors (Lipinski definition) is 4. The third-order valence-corrected chi connectivity index (χ3v) is 6.68. The number of hydrogen-bond acceptors (Lipinski definition) is 7. The van der Waals surface area contributed by atoms with Gasteiger partial charge in [0.2, 0.25) is 0 Å². The Kier molecular flexibility index (Phi) is 6.88. The molecule has 9 heteroatoms. The number of ether oxygens (including phenoxy) is 2. The second kappa shape index (κ2) is 10.4. The maximum absolute atomic E-state index is 12.0. The topological polar surface area (TPSA) is 115 Å². The Morgan fingerprint density at radius 3 is 2.69 bits per heavy atom. The van der Waals surface area contributed by atoms with Crippen molar-refractivity contribution < 1.29 is 14.3 Å². The Hall–Kier alpha value is -3.88. The van der Waals surface area contributed by atoms with Crippen molar-refractivity contribution >= 4 is 34.7 Å². The van der Waals surface area contributed by atoms with Crippen molar-refractivity contribution in [3.63, 3.8) is 0 Å². The SMILES string of the molecule is CC(C)OC(=O)Nc1ccc(-c2c(N)c3ccc(OCCCC4NC=NN4)cc3n2C2CCC2)cc1. The molecule has 0 spiro atoms. The fourth-order valence-electron chi connectivity index (χ4n) is 4.71. The molecule has 2 aliphatic rings. The number of carbonyl (C=O) groups excluding carboxylic acids is 1. The van der Waals surface area contributed by atoms with Crippen LogP contribution in [0.15, 0.2) is 47.6 Å². The highest BCUT2D eigenvalue weighted by atomic mass is 16.6. The lowest BCUT2D eigenvalue weighted by atomic mass is 9.92. The number of nitrogens with zero attached hydrogens (tertiary/aromatic N) is 2. The monoisotopic (exact) mass is 490 g/mol. The van der Waals surface area contributed by atoms with Crippen molar-refractivity contribution in [2.45, 2.75) is 64.3 Å². The van der Waals surface area contributed by atoms with Gasteiger partial charge in [-0.15, -0.1) is 0 Å². The molecule has 0 saturated heterocycles. The Balaban J connectivity index is 1.37. The van der Waals surface area contributed by atoms with Crippen LogP contribution >= 0.6 is 0 Å². The van der Waals surface area contributed by atoms with Crippen LogP contribution in [-0.2, 0) is 4.74 Å². The predicted octanol–water partition coefficient (Wildman–Crippen LogP) is 5.19. The minimum Gasteiger partial charge on any atom is -0.494 e. The maximum Gasteiger partial charge on any atom is 0.411 e. The third kappa shape index (κ3) is 5.05. The first-order valence-corrected chi connectivity index (χ1v) is 12.7. The fraction of sp³-hybridized carbons (Fsp3) is 0.407. The van der Waals surface area contributed by atoms with Crippen LogP contribution < -0.4 is 26.5 Å². The smallest absolute Gasteiger partial charge is 0.411 e. The van der Waals surface area contributed by atoms with Gasteiger partial charge in [0.1, 0.15) is 18.3 Å². The Bertz CT molecular complexity index is 1240. The molecule has 5 rings (SSSR count). The van der Waals surface area contributed by atoms with Gasteiger partial charge in [-0.05, 0) is 70.2 Å². The van der Waals surface area contributed by atoms with Gasteiger partial charge in [-0.25, -0.2) is 4.79 Å². The van der Waals surface area contributed by atoms with E-state index in [-0.39, 0.29) is 12.3 Å². The fourth-order valence-corrected chi connectivity index (χ4v) is 4.71. The molecule has 1 aliphatic carbocycles. The van der Waals surface area contributed by atoms with E-state index in [1.807, 2.05) is 44.2 Å². The van der Waals surface area contributed by atoms with Gasteiger partial charge < -0.3 is 25.1 Å². The largest absolute Gasteiger partial charge is 0.494 e. The van der Waals surface area contributed by atoms with E-state index in [9.17, 15) is 4.79 Å². The molecule has 2 heterocycles. The van der Waals surface area contributed by atoms with Crippen molar-refractivity contribution in [3.8, 4) is 17.0 Å². The van der Waals surface area contributed by atoms with E-state index in [4.69, 9.17) is 15.2 Å². The van der Waals surface area contributed by atoms with Crippen LogP contribution in [0.1, 0.15) is 52.0 Å². The molecule has 1 fully saturated rings. The number of amides is 1. The summed E-state index contributed by atoms with van der Waals surface area (Å²) in [6, 6.07) is 14.3. The highest BCUT2D eigenvalue weighted by Gasteiger charge is 2.27. The second-order valence-electron chi connectivity index (χ2n) is 9.65. The van der Waals surface area contributed by atoms with Gasteiger partial charge in [0.05, 0.1) is 29.6 Å². The van der Waals surface area contributed by atoms with Crippen molar-refractivity contribution in [1.29, 1.82) is 0 Å². The summed E-state index contributed by atoms with van der Waals surface area (Å²) in [5.41, 5.74) is 14.3. The zero-order valence-corrected chi connectivity index (χ0v) is 20.8. The highest BCUT2D eigenvalue weighted by Crippen LogP contribution is 2.45. The zero-order chi connectivity index (χ0) is 25.1. The van der Waals surface area contributed by atoms with Crippen LogP contribution in [0.3, 0.4) is 0 Å². The number of carbonyl (C=O) groups is 1. The molecule has 3 aromatic rings. The van der Waals surface area contributed by atoms with Crippen LogP contribution in [0.2, 0.25) is 0 Å². The van der Waals surface area contributed by atoms with Crippen molar-refractivity contribution in [1.82, 2.24) is 15.3 Å². The first kappa shape index (κ1) is 23.8. The average molecular weight is 491 g/mol. The zero-order valence-electron chi connectivity index (χ0n) is 20.8. The molecule has 1 aliphatic heterocycles. The van der Waals surface area contributed by atoms with Crippen molar-refractivity contribution in [2.75, 3.05) is 17.7 Å². The molecule has 36 heavy (non-hydrogen) atoms. The summed E-state index contributed by atoms with van der Waals surface area (Å²) in [7, 11) is 0. The first-order chi connectivity index (χ1) is 17.5. The molecule has 1 amide bonds.